The standard InChI is InChI=1S/C27H24N2O3/c1-32-23-13-11-19(12-14-23)17-29-26(30)24(21-8-3-2-4-9-21)25(27(29)31)28-16-15-20-7-5-6-10-22(20)18-28/h2-14H,15-18H2,1H3. The van der Waals surface area contributed by atoms with Crippen LogP contribution in [0.1, 0.15) is 22.3 Å². The van der Waals surface area contributed by atoms with E-state index in [2.05, 4.69) is 17.0 Å². The molecule has 0 saturated heterocycles. The van der Waals surface area contributed by atoms with Crippen LogP contribution in [0.15, 0.2) is 84.6 Å². The number of fused-ring (bicyclic) bond motifs is 1. The van der Waals surface area contributed by atoms with Crippen molar-refractivity contribution in [2.45, 2.75) is 19.5 Å². The van der Waals surface area contributed by atoms with Gasteiger partial charge in [0.05, 0.1) is 19.2 Å². The molecule has 5 rings (SSSR count). The van der Waals surface area contributed by atoms with E-state index in [1.165, 1.54) is 16.0 Å². The van der Waals surface area contributed by atoms with Crippen LogP contribution in [0.2, 0.25) is 0 Å². The Morgan fingerprint density at radius 3 is 2.22 bits per heavy atom. The largest absolute Gasteiger partial charge is 0.497 e. The summed E-state index contributed by atoms with van der Waals surface area (Å²) in [5.74, 6) is 0.263. The van der Waals surface area contributed by atoms with E-state index in [9.17, 15) is 9.59 Å². The fourth-order valence-electron chi connectivity index (χ4n) is 4.47. The van der Waals surface area contributed by atoms with Crippen molar-refractivity contribution in [3.8, 4) is 5.75 Å². The lowest BCUT2D eigenvalue weighted by atomic mass is 9.98. The van der Waals surface area contributed by atoms with Crippen LogP contribution >= 0.6 is 0 Å². The third-order valence-corrected chi connectivity index (χ3v) is 6.15. The number of hydrogen-bond donors (Lipinski definition) is 0. The van der Waals surface area contributed by atoms with E-state index in [1.807, 2.05) is 66.7 Å². The van der Waals surface area contributed by atoms with Crippen LogP contribution in [0, 0.1) is 0 Å². The number of rotatable bonds is 5. The average molecular weight is 425 g/mol. The second kappa shape index (κ2) is 8.35. The van der Waals surface area contributed by atoms with Crippen LogP contribution in [0.5, 0.6) is 5.75 Å². The minimum absolute atomic E-state index is 0.228. The van der Waals surface area contributed by atoms with E-state index in [0.29, 0.717) is 24.4 Å². The third kappa shape index (κ3) is 3.56. The van der Waals surface area contributed by atoms with Gasteiger partial charge in [-0.1, -0.05) is 66.7 Å². The highest BCUT2D eigenvalue weighted by Crippen LogP contribution is 2.35. The topological polar surface area (TPSA) is 49.9 Å². The molecular formula is C27H24N2O3. The van der Waals surface area contributed by atoms with Gasteiger partial charge < -0.3 is 9.64 Å². The van der Waals surface area contributed by atoms with Crippen LogP contribution in [-0.4, -0.2) is 35.3 Å². The molecule has 5 nitrogen and oxygen atoms in total. The Hall–Kier alpha value is -3.86. The minimum Gasteiger partial charge on any atom is -0.497 e. The van der Waals surface area contributed by atoms with E-state index >= 15 is 0 Å². The first kappa shape index (κ1) is 20.1. The first-order valence-electron chi connectivity index (χ1n) is 10.8. The van der Waals surface area contributed by atoms with E-state index in [1.54, 1.807) is 7.11 Å². The predicted molar refractivity (Wildman–Crippen MR) is 122 cm³/mol. The van der Waals surface area contributed by atoms with Gasteiger partial charge in [0, 0.05) is 13.1 Å². The SMILES string of the molecule is COc1ccc(CN2C(=O)C(c3ccccc3)=C(N3CCc4ccccc4C3)C2=O)cc1. The summed E-state index contributed by atoms with van der Waals surface area (Å²) >= 11 is 0. The first-order chi connectivity index (χ1) is 15.7. The second-order valence-corrected chi connectivity index (χ2v) is 8.07. The van der Waals surface area contributed by atoms with Gasteiger partial charge in [0.2, 0.25) is 0 Å². The minimum atomic E-state index is -0.245. The summed E-state index contributed by atoms with van der Waals surface area (Å²) in [6.45, 7) is 1.56. The summed E-state index contributed by atoms with van der Waals surface area (Å²) in [7, 11) is 1.61. The lowest BCUT2D eigenvalue weighted by Gasteiger charge is -2.31. The molecule has 2 aliphatic rings. The summed E-state index contributed by atoms with van der Waals surface area (Å²) in [4.78, 5) is 30.6. The Bertz CT molecular complexity index is 1200. The molecule has 0 spiro atoms. The van der Waals surface area contributed by atoms with Crippen molar-refractivity contribution >= 4 is 17.4 Å². The molecule has 2 aliphatic heterocycles. The van der Waals surface area contributed by atoms with Gasteiger partial charge in [-0.2, -0.15) is 0 Å². The van der Waals surface area contributed by atoms with Gasteiger partial charge in [-0.3, -0.25) is 14.5 Å². The number of hydrogen-bond acceptors (Lipinski definition) is 4. The molecule has 3 aromatic rings. The molecule has 0 atom stereocenters. The van der Waals surface area contributed by atoms with Gasteiger partial charge in [-0.25, -0.2) is 0 Å². The number of carbonyl (C=O) groups excluding carboxylic acids is 2. The van der Waals surface area contributed by atoms with Gasteiger partial charge in [0.25, 0.3) is 11.8 Å². The molecule has 2 heterocycles. The smallest absolute Gasteiger partial charge is 0.278 e. The monoisotopic (exact) mass is 424 g/mol. The van der Waals surface area contributed by atoms with Crippen molar-refractivity contribution in [3.63, 3.8) is 0 Å². The zero-order chi connectivity index (χ0) is 22.1. The van der Waals surface area contributed by atoms with Crippen LogP contribution in [0.4, 0.5) is 0 Å². The molecule has 3 aromatic carbocycles. The van der Waals surface area contributed by atoms with Crippen molar-refractivity contribution in [1.29, 1.82) is 0 Å². The summed E-state index contributed by atoms with van der Waals surface area (Å²) < 4.78 is 5.22. The zero-order valence-electron chi connectivity index (χ0n) is 18.0. The fraction of sp³-hybridized carbons (Fsp3) is 0.185. The molecule has 0 bridgehead atoms. The Balaban J connectivity index is 1.51. The summed E-state index contributed by atoms with van der Waals surface area (Å²) in [5, 5.41) is 0. The number of benzene rings is 3. The highest BCUT2D eigenvalue weighted by atomic mass is 16.5. The maximum absolute atomic E-state index is 13.6. The summed E-state index contributed by atoms with van der Waals surface area (Å²) in [6, 6.07) is 25.3. The van der Waals surface area contributed by atoms with Gasteiger partial charge in [-0.05, 0) is 40.8 Å². The molecule has 0 aliphatic carbocycles. The van der Waals surface area contributed by atoms with E-state index in [0.717, 1.165) is 23.3 Å². The van der Waals surface area contributed by atoms with Gasteiger partial charge in [-0.15, -0.1) is 0 Å². The average Bonchev–Trinajstić information content (AvgIpc) is 3.09. The maximum atomic E-state index is 13.6. The number of imide groups is 1. The van der Waals surface area contributed by atoms with Crippen molar-refractivity contribution in [2.75, 3.05) is 13.7 Å². The Labute approximate surface area is 187 Å². The van der Waals surface area contributed by atoms with Crippen LogP contribution in [-0.2, 0) is 29.1 Å². The van der Waals surface area contributed by atoms with Gasteiger partial charge in [0.15, 0.2) is 0 Å². The van der Waals surface area contributed by atoms with E-state index < -0.39 is 0 Å². The summed E-state index contributed by atoms with van der Waals surface area (Å²) in [6.07, 6.45) is 0.849. The number of ether oxygens (including phenoxy) is 1. The molecule has 2 amide bonds. The van der Waals surface area contributed by atoms with E-state index in [-0.39, 0.29) is 18.4 Å². The lowest BCUT2D eigenvalue weighted by Crippen LogP contribution is -2.37. The highest BCUT2D eigenvalue weighted by molar-refractivity contribution is 6.35. The molecule has 5 heteroatoms. The predicted octanol–water partition coefficient (Wildman–Crippen LogP) is 4.03. The Morgan fingerprint density at radius 1 is 0.812 bits per heavy atom. The lowest BCUT2D eigenvalue weighted by molar-refractivity contribution is -0.138. The van der Waals surface area contributed by atoms with Crippen LogP contribution in [0.25, 0.3) is 5.57 Å². The molecular weight excluding hydrogens is 400 g/mol. The zero-order valence-corrected chi connectivity index (χ0v) is 18.0. The number of carbonyl (C=O) groups is 2. The maximum Gasteiger partial charge on any atom is 0.278 e. The number of amides is 2. The van der Waals surface area contributed by atoms with Gasteiger partial charge in [0.1, 0.15) is 11.4 Å². The van der Waals surface area contributed by atoms with Crippen molar-refractivity contribution in [2.24, 2.45) is 0 Å². The van der Waals surface area contributed by atoms with Crippen molar-refractivity contribution < 1.29 is 14.3 Å². The van der Waals surface area contributed by atoms with Crippen molar-refractivity contribution in [1.82, 2.24) is 9.80 Å². The fourth-order valence-corrected chi connectivity index (χ4v) is 4.47. The molecule has 0 N–H and O–H groups in total. The Morgan fingerprint density at radius 2 is 1.50 bits per heavy atom. The Kier molecular flexibility index (Phi) is 5.23. The molecule has 0 radical (unpaired) electrons. The normalized spacial score (nSPS) is 15.9. The van der Waals surface area contributed by atoms with Crippen LogP contribution in [0.3, 0.4) is 0 Å². The first-order valence-corrected chi connectivity index (χ1v) is 10.8. The molecule has 160 valence electrons. The molecule has 0 unspecified atom stereocenters. The van der Waals surface area contributed by atoms with Crippen LogP contribution < -0.4 is 4.74 Å². The highest BCUT2D eigenvalue weighted by Gasteiger charge is 2.42. The molecule has 0 fully saturated rings. The second-order valence-electron chi connectivity index (χ2n) is 8.07. The number of nitrogens with zero attached hydrogens (tertiary/aromatic N) is 2. The molecule has 32 heavy (non-hydrogen) atoms. The third-order valence-electron chi connectivity index (χ3n) is 6.15. The number of methoxy groups -OCH3 is 1. The summed E-state index contributed by atoms with van der Waals surface area (Å²) in [5.41, 5.74) is 5.15. The van der Waals surface area contributed by atoms with Gasteiger partial charge >= 0.3 is 0 Å². The molecule has 0 aromatic heterocycles. The van der Waals surface area contributed by atoms with Crippen molar-refractivity contribution in [3.05, 3.63) is 107 Å². The quantitative estimate of drug-likeness (QED) is 0.580. The van der Waals surface area contributed by atoms with E-state index in [4.69, 9.17) is 4.74 Å². The molecule has 0 saturated carbocycles.